The van der Waals surface area contributed by atoms with Gasteiger partial charge in [0.15, 0.2) is 23.1 Å². The van der Waals surface area contributed by atoms with E-state index in [0.717, 1.165) is 24.1 Å². The first-order chi connectivity index (χ1) is 10.2. The molecule has 0 bridgehead atoms. The van der Waals surface area contributed by atoms with Crippen LogP contribution in [0.3, 0.4) is 0 Å². The number of rotatable bonds is 3. The lowest BCUT2D eigenvalue weighted by atomic mass is 9.96. The van der Waals surface area contributed by atoms with Crippen molar-refractivity contribution in [1.29, 1.82) is 0 Å². The Kier molecular flexibility index (Phi) is 3.56. The Morgan fingerprint density at radius 2 is 1.95 bits per heavy atom. The zero-order chi connectivity index (χ0) is 14.8. The van der Waals surface area contributed by atoms with Gasteiger partial charge in [0, 0.05) is 12.6 Å². The van der Waals surface area contributed by atoms with Crippen molar-refractivity contribution in [3.63, 3.8) is 0 Å². The molecule has 108 valence electrons. The summed E-state index contributed by atoms with van der Waals surface area (Å²) in [5.74, 6) is 1.91. The minimum absolute atomic E-state index is 0.125. The first kappa shape index (κ1) is 13.5. The number of methoxy groups -OCH3 is 2. The largest absolute Gasteiger partial charge is 0.493 e. The number of hydrogen-bond acceptors (Lipinski definition) is 5. The van der Waals surface area contributed by atoms with Crippen LogP contribution in [0.2, 0.25) is 0 Å². The third-order valence-electron chi connectivity index (χ3n) is 3.63. The summed E-state index contributed by atoms with van der Waals surface area (Å²) in [4.78, 5) is 20.7. The van der Waals surface area contributed by atoms with E-state index in [9.17, 15) is 4.79 Å². The van der Waals surface area contributed by atoms with E-state index in [0.29, 0.717) is 29.3 Å². The van der Waals surface area contributed by atoms with E-state index in [1.807, 2.05) is 18.2 Å². The summed E-state index contributed by atoms with van der Waals surface area (Å²) in [7, 11) is 3.18. The molecule has 2 aromatic rings. The Bertz CT molecular complexity index is 698. The van der Waals surface area contributed by atoms with Crippen LogP contribution in [-0.2, 0) is 6.42 Å². The van der Waals surface area contributed by atoms with Crippen LogP contribution in [0.15, 0.2) is 24.4 Å². The highest BCUT2D eigenvalue weighted by molar-refractivity contribution is 5.97. The highest BCUT2D eigenvalue weighted by Gasteiger charge is 2.21. The van der Waals surface area contributed by atoms with Crippen LogP contribution in [0.1, 0.15) is 28.9 Å². The van der Waals surface area contributed by atoms with Crippen molar-refractivity contribution in [3.05, 3.63) is 35.7 Å². The van der Waals surface area contributed by atoms with Gasteiger partial charge in [-0.15, -0.1) is 0 Å². The SMILES string of the molecule is COc1cccc(-c2ncc3c(n2)CCCC3=O)c1OC. The van der Waals surface area contributed by atoms with Crippen molar-refractivity contribution in [3.8, 4) is 22.9 Å². The molecule has 0 saturated carbocycles. The van der Waals surface area contributed by atoms with E-state index in [1.54, 1.807) is 20.4 Å². The number of aryl methyl sites for hydroxylation is 1. The zero-order valence-electron chi connectivity index (χ0n) is 12.0. The van der Waals surface area contributed by atoms with Gasteiger partial charge >= 0.3 is 0 Å². The van der Waals surface area contributed by atoms with Crippen LogP contribution in [0, 0.1) is 0 Å². The number of Topliss-reactive ketones (excluding diaryl/α,β-unsaturated/α-hetero) is 1. The Hall–Kier alpha value is -2.43. The molecule has 1 aromatic carbocycles. The highest BCUT2D eigenvalue weighted by Crippen LogP contribution is 2.36. The summed E-state index contributed by atoms with van der Waals surface area (Å²) in [5, 5.41) is 0. The number of fused-ring (bicyclic) bond motifs is 1. The lowest BCUT2D eigenvalue weighted by molar-refractivity contribution is 0.0971. The van der Waals surface area contributed by atoms with Gasteiger partial charge in [-0.3, -0.25) is 4.79 Å². The van der Waals surface area contributed by atoms with Gasteiger partial charge in [0.2, 0.25) is 0 Å². The molecular weight excluding hydrogens is 268 g/mol. The smallest absolute Gasteiger partial charge is 0.171 e. The molecule has 0 saturated heterocycles. The molecule has 5 heteroatoms. The van der Waals surface area contributed by atoms with E-state index in [1.165, 1.54) is 0 Å². The molecule has 1 aromatic heterocycles. The summed E-state index contributed by atoms with van der Waals surface area (Å²) in [6.45, 7) is 0. The number of hydrogen-bond donors (Lipinski definition) is 0. The Morgan fingerprint density at radius 1 is 1.10 bits per heavy atom. The van der Waals surface area contributed by atoms with Gasteiger partial charge in [-0.05, 0) is 25.0 Å². The topological polar surface area (TPSA) is 61.3 Å². The first-order valence-corrected chi connectivity index (χ1v) is 6.85. The number of carbonyl (C=O) groups is 1. The zero-order valence-corrected chi connectivity index (χ0v) is 12.0. The van der Waals surface area contributed by atoms with Gasteiger partial charge < -0.3 is 9.47 Å². The number of benzene rings is 1. The molecule has 1 aliphatic rings. The normalized spacial score (nSPS) is 13.7. The number of carbonyl (C=O) groups excluding carboxylic acids is 1. The minimum Gasteiger partial charge on any atom is -0.493 e. The van der Waals surface area contributed by atoms with Gasteiger partial charge in [0.1, 0.15) is 0 Å². The third-order valence-corrected chi connectivity index (χ3v) is 3.63. The van der Waals surface area contributed by atoms with E-state index in [-0.39, 0.29) is 5.78 Å². The number of ether oxygens (including phenoxy) is 2. The van der Waals surface area contributed by atoms with Crippen molar-refractivity contribution in [1.82, 2.24) is 9.97 Å². The molecule has 0 aliphatic heterocycles. The monoisotopic (exact) mass is 284 g/mol. The van der Waals surface area contributed by atoms with Crippen LogP contribution in [0.25, 0.3) is 11.4 Å². The van der Waals surface area contributed by atoms with Crippen LogP contribution in [-0.4, -0.2) is 30.0 Å². The average molecular weight is 284 g/mol. The maximum absolute atomic E-state index is 11.8. The summed E-state index contributed by atoms with van der Waals surface area (Å²) in [5.41, 5.74) is 2.23. The quantitative estimate of drug-likeness (QED) is 0.867. The van der Waals surface area contributed by atoms with Crippen molar-refractivity contribution in [2.24, 2.45) is 0 Å². The predicted molar refractivity (Wildman–Crippen MR) is 77.8 cm³/mol. The summed E-state index contributed by atoms with van der Waals surface area (Å²) in [6.07, 6.45) is 3.86. The predicted octanol–water partition coefficient (Wildman–Crippen LogP) is 2.68. The molecule has 1 heterocycles. The lowest BCUT2D eigenvalue weighted by Crippen LogP contribution is -2.14. The Labute approximate surface area is 123 Å². The van der Waals surface area contributed by atoms with Crippen LogP contribution < -0.4 is 9.47 Å². The molecule has 5 nitrogen and oxygen atoms in total. The van der Waals surface area contributed by atoms with Gasteiger partial charge in [0.25, 0.3) is 0 Å². The van der Waals surface area contributed by atoms with Crippen LogP contribution in [0.4, 0.5) is 0 Å². The van der Waals surface area contributed by atoms with Crippen molar-refractivity contribution in [2.45, 2.75) is 19.3 Å². The van der Waals surface area contributed by atoms with E-state index in [4.69, 9.17) is 9.47 Å². The van der Waals surface area contributed by atoms with Gasteiger partial charge in [-0.2, -0.15) is 0 Å². The summed E-state index contributed by atoms with van der Waals surface area (Å²) < 4.78 is 10.7. The Morgan fingerprint density at radius 3 is 2.71 bits per heavy atom. The molecule has 0 fully saturated rings. The number of aromatic nitrogens is 2. The van der Waals surface area contributed by atoms with E-state index < -0.39 is 0 Å². The third kappa shape index (κ3) is 2.35. The van der Waals surface area contributed by atoms with E-state index >= 15 is 0 Å². The number of ketones is 1. The second kappa shape index (κ2) is 5.52. The van der Waals surface area contributed by atoms with E-state index in [2.05, 4.69) is 9.97 Å². The van der Waals surface area contributed by atoms with Crippen molar-refractivity contribution < 1.29 is 14.3 Å². The van der Waals surface area contributed by atoms with Crippen LogP contribution in [0.5, 0.6) is 11.5 Å². The van der Waals surface area contributed by atoms with Gasteiger partial charge in [-0.25, -0.2) is 9.97 Å². The molecule has 0 spiro atoms. The molecule has 0 N–H and O–H groups in total. The maximum atomic E-state index is 11.8. The minimum atomic E-state index is 0.125. The highest BCUT2D eigenvalue weighted by atomic mass is 16.5. The molecule has 0 amide bonds. The van der Waals surface area contributed by atoms with Crippen LogP contribution >= 0.6 is 0 Å². The number of para-hydroxylation sites is 1. The van der Waals surface area contributed by atoms with Gasteiger partial charge in [-0.1, -0.05) is 6.07 Å². The maximum Gasteiger partial charge on any atom is 0.171 e. The van der Waals surface area contributed by atoms with Crippen molar-refractivity contribution in [2.75, 3.05) is 14.2 Å². The summed E-state index contributed by atoms with van der Waals surface area (Å²) >= 11 is 0. The fraction of sp³-hybridized carbons (Fsp3) is 0.312. The lowest BCUT2D eigenvalue weighted by Gasteiger charge is -2.15. The van der Waals surface area contributed by atoms with Gasteiger partial charge in [0.05, 0.1) is 31.0 Å². The molecule has 21 heavy (non-hydrogen) atoms. The molecule has 1 aliphatic carbocycles. The summed E-state index contributed by atoms with van der Waals surface area (Å²) in [6, 6.07) is 5.57. The second-order valence-electron chi connectivity index (χ2n) is 4.87. The fourth-order valence-corrected chi connectivity index (χ4v) is 2.58. The number of nitrogens with zero attached hydrogens (tertiary/aromatic N) is 2. The molecule has 0 atom stereocenters. The average Bonchev–Trinajstić information content (AvgIpc) is 2.53. The second-order valence-corrected chi connectivity index (χ2v) is 4.87. The molecule has 3 rings (SSSR count). The molecular formula is C16H16N2O3. The fourth-order valence-electron chi connectivity index (χ4n) is 2.58. The Balaban J connectivity index is 2.11. The molecule has 0 unspecified atom stereocenters. The molecule has 0 radical (unpaired) electrons. The first-order valence-electron chi connectivity index (χ1n) is 6.85. The van der Waals surface area contributed by atoms with Crippen molar-refractivity contribution >= 4 is 5.78 Å². The standard InChI is InChI=1S/C16H16N2O3/c1-20-14-8-3-5-10(15(14)21-2)16-17-9-11-12(18-16)6-4-7-13(11)19/h3,5,8-9H,4,6-7H2,1-2H3.